The normalized spacial score (nSPS) is 10.9. The molecular weight excluding hydrogens is 286 g/mol. The SMILES string of the molecule is O=C(c1cc2cc(Cl)ccc2o1)c1cc(F)ccc1F. The Labute approximate surface area is 117 Å². The molecule has 0 N–H and O–H groups in total. The van der Waals surface area contributed by atoms with Crippen LogP contribution in [0, 0.1) is 11.6 Å². The van der Waals surface area contributed by atoms with Gasteiger partial charge in [-0.25, -0.2) is 8.78 Å². The Hall–Kier alpha value is -2.20. The number of fused-ring (bicyclic) bond motifs is 1. The van der Waals surface area contributed by atoms with Crippen LogP contribution in [0.2, 0.25) is 5.02 Å². The Morgan fingerprint density at radius 3 is 2.65 bits per heavy atom. The fourth-order valence-electron chi connectivity index (χ4n) is 1.93. The van der Waals surface area contributed by atoms with Gasteiger partial charge in [-0.15, -0.1) is 0 Å². The molecule has 0 spiro atoms. The van der Waals surface area contributed by atoms with Crippen molar-refractivity contribution in [3.05, 3.63) is 70.4 Å². The predicted molar refractivity (Wildman–Crippen MR) is 71.0 cm³/mol. The maximum Gasteiger partial charge on any atom is 0.231 e. The Bertz CT molecular complexity index is 824. The molecule has 5 heteroatoms. The van der Waals surface area contributed by atoms with Gasteiger partial charge in [0.05, 0.1) is 5.56 Å². The highest BCUT2D eigenvalue weighted by Crippen LogP contribution is 2.25. The first kappa shape index (κ1) is 12.8. The van der Waals surface area contributed by atoms with E-state index >= 15 is 0 Å². The van der Waals surface area contributed by atoms with E-state index in [-0.39, 0.29) is 11.3 Å². The van der Waals surface area contributed by atoms with E-state index in [1.54, 1.807) is 18.2 Å². The van der Waals surface area contributed by atoms with Gasteiger partial charge in [-0.3, -0.25) is 4.79 Å². The minimum absolute atomic E-state index is 0.0632. The molecular formula is C15H7ClF2O2. The van der Waals surface area contributed by atoms with Crippen LogP contribution in [0.15, 0.2) is 46.9 Å². The van der Waals surface area contributed by atoms with Crippen LogP contribution >= 0.6 is 11.6 Å². The van der Waals surface area contributed by atoms with Crippen LogP contribution in [0.3, 0.4) is 0 Å². The Morgan fingerprint density at radius 1 is 1.05 bits per heavy atom. The van der Waals surface area contributed by atoms with E-state index in [0.29, 0.717) is 16.0 Å². The molecule has 2 nitrogen and oxygen atoms in total. The van der Waals surface area contributed by atoms with Crippen LogP contribution in [0.5, 0.6) is 0 Å². The minimum atomic E-state index is -0.796. The predicted octanol–water partition coefficient (Wildman–Crippen LogP) is 4.60. The molecule has 0 aliphatic rings. The van der Waals surface area contributed by atoms with Crippen molar-refractivity contribution < 1.29 is 18.0 Å². The van der Waals surface area contributed by atoms with Crippen LogP contribution in [0.4, 0.5) is 8.78 Å². The zero-order chi connectivity index (χ0) is 14.3. The van der Waals surface area contributed by atoms with Crippen molar-refractivity contribution in [3.8, 4) is 0 Å². The van der Waals surface area contributed by atoms with Crippen LogP contribution in [-0.4, -0.2) is 5.78 Å². The molecule has 100 valence electrons. The molecule has 0 fully saturated rings. The third-order valence-electron chi connectivity index (χ3n) is 2.88. The van der Waals surface area contributed by atoms with E-state index < -0.39 is 17.4 Å². The Kier molecular flexibility index (Phi) is 3.03. The van der Waals surface area contributed by atoms with Crippen LogP contribution in [0.1, 0.15) is 16.1 Å². The summed E-state index contributed by atoms with van der Waals surface area (Å²) in [5.74, 6) is -2.26. The first-order valence-electron chi connectivity index (χ1n) is 5.73. The number of furan rings is 1. The van der Waals surface area contributed by atoms with Crippen molar-refractivity contribution in [3.63, 3.8) is 0 Å². The van der Waals surface area contributed by atoms with E-state index in [2.05, 4.69) is 0 Å². The number of hydrogen-bond acceptors (Lipinski definition) is 2. The molecule has 0 saturated carbocycles. The number of benzene rings is 2. The van der Waals surface area contributed by atoms with Crippen LogP contribution in [0.25, 0.3) is 11.0 Å². The maximum atomic E-state index is 13.6. The summed E-state index contributed by atoms with van der Waals surface area (Å²) in [6.07, 6.45) is 0. The monoisotopic (exact) mass is 292 g/mol. The highest BCUT2D eigenvalue weighted by Gasteiger charge is 2.19. The summed E-state index contributed by atoms with van der Waals surface area (Å²) in [5.41, 5.74) is 0.0877. The first-order valence-corrected chi connectivity index (χ1v) is 6.11. The molecule has 1 heterocycles. The summed E-state index contributed by atoms with van der Waals surface area (Å²) in [5, 5.41) is 1.12. The van der Waals surface area contributed by atoms with Crippen molar-refractivity contribution >= 4 is 28.4 Å². The van der Waals surface area contributed by atoms with E-state index in [9.17, 15) is 13.6 Å². The Morgan fingerprint density at radius 2 is 1.85 bits per heavy atom. The fourth-order valence-corrected chi connectivity index (χ4v) is 2.11. The summed E-state index contributed by atoms with van der Waals surface area (Å²) >= 11 is 5.83. The fraction of sp³-hybridized carbons (Fsp3) is 0. The minimum Gasteiger partial charge on any atom is -0.453 e. The zero-order valence-corrected chi connectivity index (χ0v) is 10.7. The lowest BCUT2D eigenvalue weighted by molar-refractivity contribution is 0.101. The van der Waals surface area contributed by atoms with Gasteiger partial charge >= 0.3 is 0 Å². The van der Waals surface area contributed by atoms with E-state index in [4.69, 9.17) is 16.0 Å². The standard InChI is InChI=1S/C15H7ClF2O2/c16-9-1-4-13-8(5-9)6-14(20-13)15(19)11-7-10(17)2-3-12(11)18/h1-7H. The number of carbonyl (C=O) groups excluding carboxylic acids is 1. The number of hydrogen-bond donors (Lipinski definition) is 0. The van der Waals surface area contributed by atoms with Crippen molar-refractivity contribution in [2.75, 3.05) is 0 Å². The lowest BCUT2D eigenvalue weighted by atomic mass is 10.1. The largest absolute Gasteiger partial charge is 0.453 e. The van der Waals surface area contributed by atoms with Crippen molar-refractivity contribution in [2.45, 2.75) is 0 Å². The average molecular weight is 293 g/mol. The molecule has 1 aromatic heterocycles. The summed E-state index contributed by atoms with van der Waals surface area (Å²) in [6, 6.07) is 9.00. The van der Waals surface area contributed by atoms with Gasteiger partial charge in [0.2, 0.25) is 5.78 Å². The smallest absolute Gasteiger partial charge is 0.231 e. The van der Waals surface area contributed by atoms with Gasteiger partial charge in [-0.2, -0.15) is 0 Å². The number of halogens is 3. The number of carbonyl (C=O) groups is 1. The van der Waals surface area contributed by atoms with Crippen LogP contribution in [-0.2, 0) is 0 Å². The molecule has 0 bridgehead atoms. The Balaban J connectivity index is 2.10. The van der Waals surface area contributed by atoms with Gasteiger partial charge in [0, 0.05) is 10.4 Å². The molecule has 3 rings (SSSR count). The third kappa shape index (κ3) is 2.18. The molecule has 0 aliphatic carbocycles. The van der Waals surface area contributed by atoms with Crippen LogP contribution < -0.4 is 0 Å². The summed E-state index contributed by atoms with van der Waals surface area (Å²) in [6.45, 7) is 0. The lowest BCUT2D eigenvalue weighted by Crippen LogP contribution is -2.03. The molecule has 0 saturated heterocycles. The van der Waals surface area contributed by atoms with Crippen molar-refractivity contribution in [2.24, 2.45) is 0 Å². The molecule has 0 amide bonds. The van der Waals surface area contributed by atoms with E-state index in [1.807, 2.05) is 0 Å². The van der Waals surface area contributed by atoms with Gasteiger partial charge < -0.3 is 4.42 Å². The highest BCUT2D eigenvalue weighted by atomic mass is 35.5. The van der Waals surface area contributed by atoms with Gasteiger partial charge in [-0.05, 0) is 42.5 Å². The van der Waals surface area contributed by atoms with Gasteiger partial charge in [0.1, 0.15) is 17.2 Å². The maximum absolute atomic E-state index is 13.6. The first-order chi connectivity index (χ1) is 9.54. The van der Waals surface area contributed by atoms with Gasteiger partial charge in [0.15, 0.2) is 5.76 Å². The average Bonchev–Trinajstić information content (AvgIpc) is 2.83. The molecule has 20 heavy (non-hydrogen) atoms. The summed E-state index contributed by atoms with van der Waals surface area (Å²) < 4.78 is 32.0. The van der Waals surface area contributed by atoms with E-state index in [1.165, 1.54) is 6.07 Å². The second-order valence-electron chi connectivity index (χ2n) is 4.25. The quantitative estimate of drug-likeness (QED) is 0.646. The van der Waals surface area contributed by atoms with Crippen molar-refractivity contribution in [1.82, 2.24) is 0 Å². The molecule has 2 aromatic carbocycles. The molecule has 3 aromatic rings. The number of ketones is 1. The summed E-state index contributed by atoms with van der Waals surface area (Å²) in [4.78, 5) is 12.1. The second-order valence-corrected chi connectivity index (χ2v) is 4.68. The lowest BCUT2D eigenvalue weighted by Gasteiger charge is -1.99. The van der Waals surface area contributed by atoms with Gasteiger partial charge in [0.25, 0.3) is 0 Å². The number of rotatable bonds is 2. The zero-order valence-electron chi connectivity index (χ0n) is 9.99. The highest BCUT2D eigenvalue weighted by molar-refractivity contribution is 6.31. The third-order valence-corrected chi connectivity index (χ3v) is 3.11. The summed E-state index contributed by atoms with van der Waals surface area (Å²) in [7, 11) is 0. The second kappa shape index (κ2) is 4.72. The van der Waals surface area contributed by atoms with Crippen molar-refractivity contribution in [1.29, 1.82) is 0 Å². The molecule has 0 aliphatic heterocycles. The van der Waals surface area contributed by atoms with E-state index in [0.717, 1.165) is 18.2 Å². The molecule has 0 unspecified atom stereocenters. The van der Waals surface area contributed by atoms with Gasteiger partial charge in [-0.1, -0.05) is 11.6 Å². The molecule has 0 radical (unpaired) electrons. The molecule has 0 atom stereocenters. The topological polar surface area (TPSA) is 30.2 Å².